The highest BCUT2D eigenvalue weighted by Gasteiger charge is 2.55. The molecule has 1 heterocycles. The fraction of sp³-hybridized carbons (Fsp3) is 0.923. The van der Waals surface area contributed by atoms with Gasteiger partial charge in [0.05, 0.1) is 12.2 Å². The van der Waals surface area contributed by atoms with Crippen LogP contribution in [0.15, 0.2) is 0 Å². The average Bonchev–Trinajstić information content (AvgIpc) is 2.80. The summed E-state index contributed by atoms with van der Waals surface area (Å²) in [5.41, 5.74) is -0.119. The van der Waals surface area contributed by atoms with Crippen LogP contribution in [0.1, 0.15) is 38.5 Å². The lowest BCUT2D eigenvalue weighted by Gasteiger charge is -2.26. The van der Waals surface area contributed by atoms with Crippen LogP contribution in [-0.4, -0.2) is 54.1 Å². The molecule has 1 aliphatic heterocycles. The van der Waals surface area contributed by atoms with E-state index in [1.807, 2.05) is 4.90 Å². The van der Waals surface area contributed by atoms with Crippen LogP contribution < -0.4 is 5.32 Å². The molecule has 17 heavy (non-hydrogen) atoms. The highest BCUT2D eigenvalue weighted by Crippen LogP contribution is 2.39. The second kappa shape index (κ2) is 4.25. The zero-order valence-corrected chi connectivity index (χ0v) is 10.7. The van der Waals surface area contributed by atoms with Crippen molar-refractivity contribution in [1.82, 2.24) is 15.1 Å². The summed E-state index contributed by atoms with van der Waals surface area (Å²) in [6.07, 6.45) is 7.52. The van der Waals surface area contributed by atoms with E-state index in [0.717, 1.165) is 38.6 Å². The van der Waals surface area contributed by atoms with Gasteiger partial charge in [0.2, 0.25) is 5.91 Å². The van der Waals surface area contributed by atoms with Gasteiger partial charge in [0, 0.05) is 19.1 Å². The minimum absolute atomic E-state index is 0.119. The molecule has 2 aliphatic carbocycles. The predicted octanol–water partition coefficient (Wildman–Crippen LogP) is 0.783. The number of hydrogen-bond donors (Lipinski definition) is 1. The van der Waals surface area contributed by atoms with Crippen LogP contribution in [0.4, 0.5) is 0 Å². The molecule has 0 aromatic carbocycles. The molecular weight excluding hydrogens is 214 g/mol. The molecule has 96 valence electrons. The lowest BCUT2D eigenvalue weighted by atomic mass is 10.2. The van der Waals surface area contributed by atoms with Gasteiger partial charge in [0.1, 0.15) is 0 Å². The van der Waals surface area contributed by atoms with Crippen molar-refractivity contribution in [2.75, 3.05) is 26.8 Å². The summed E-state index contributed by atoms with van der Waals surface area (Å²) < 4.78 is 0. The molecule has 0 radical (unpaired) electrons. The molecule has 3 fully saturated rings. The van der Waals surface area contributed by atoms with Gasteiger partial charge in [0.15, 0.2) is 0 Å². The quantitative estimate of drug-likeness (QED) is 0.785. The van der Waals surface area contributed by atoms with E-state index in [2.05, 4.69) is 17.3 Å². The highest BCUT2D eigenvalue weighted by molar-refractivity contribution is 5.91. The Morgan fingerprint density at radius 2 is 2.12 bits per heavy atom. The summed E-state index contributed by atoms with van der Waals surface area (Å²) >= 11 is 0. The van der Waals surface area contributed by atoms with Crippen molar-refractivity contribution in [2.45, 2.75) is 50.1 Å². The van der Waals surface area contributed by atoms with E-state index in [9.17, 15) is 4.79 Å². The molecular formula is C13H23N3O. The number of rotatable bonds is 4. The van der Waals surface area contributed by atoms with Gasteiger partial charge in [-0.05, 0) is 32.7 Å². The van der Waals surface area contributed by atoms with Crippen LogP contribution in [0.25, 0.3) is 0 Å². The minimum atomic E-state index is -0.119. The molecule has 3 aliphatic rings. The Morgan fingerprint density at radius 3 is 2.71 bits per heavy atom. The van der Waals surface area contributed by atoms with Crippen LogP contribution in [0, 0.1) is 0 Å². The second-order valence-electron chi connectivity index (χ2n) is 5.90. The Bertz CT molecular complexity index is 308. The third-order valence-corrected chi connectivity index (χ3v) is 4.73. The molecule has 3 rings (SSSR count). The van der Waals surface area contributed by atoms with E-state index in [1.54, 1.807) is 0 Å². The zero-order valence-electron chi connectivity index (χ0n) is 10.7. The van der Waals surface area contributed by atoms with Crippen LogP contribution in [-0.2, 0) is 4.79 Å². The van der Waals surface area contributed by atoms with Gasteiger partial charge >= 0.3 is 0 Å². The highest BCUT2D eigenvalue weighted by atomic mass is 16.2. The van der Waals surface area contributed by atoms with Crippen molar-refractivity contribution >= 4 is 5.91 Å². The molecule has 0 aromatic heterocycles. The predicted molar refractivity (Wildman–Crippen MR) is 66.6 cm³/mol. The summed E-state index contributed by atoms with van der Waals surface area (Å²) in [5, 5.41) is 3.36. The molecule has 0 unspecified atom stereocenters. The SMILES string of the molecule is CN(CCN1CNC2(CC2)C1=O)C1CCCC1. The molecule has 0 aromatic rings. The molecule has 0 atom stereocenters. The molecule has 1 spiro atoms. The summed E-state index contributed by atoms with van der Waals surface area (Å²) in [4.78, 5) is 16.5. The number of hydrogen-bond acceptors (Lipinski definition) is 3. The van der Waals surface area contributed by atoms with Crippen molar-refractivity contribution in [3.05, 3.63) is 0 Å². The van der Waals surface area contributed by atoms with Crippen LogP contribution in [0.3, 0.4) is 0 Å². The maximum Gasteiger partial charge on any atom is 0.244 e. The normalized spacial score (nSPS) is 27.6. The Kier molecular flexibility index (Phi) is 2.87. The van der Waals surface area contributed by atoms with E-state index in [-0.39, 0.29) is 5.54 Å². The van der Waals surface area contributed by atoms with Crippen molar-refractivity contribution < 1.29 is 4.79 Å². The second-order valence-corrected chi connectivity index (χ2v) is 5.90. The maximum atomic E-state index is 12.1. The van der Waals surface area contributed by atoms with Crippen molar-refractivity contribution in [3.63, 3.8) is 0 Å². The molecule has 0 bridgehead atoms. The summed E-state index contributed by atoms with van der Waals surface area (Å²) in [5.74, 6) is 0.345. The average molecular weight is 237 g/mol. The number of amides is 1. The first-order valence-electron chi connectivity index (χ1n) is 6.96. The Labute approximate surface area is 103 Å². The third-order valence-electron chi connectivity index (χ3n) is 4.73. The number of likely N-dealkylation sites (N-methyl/N-ethyl adjacent to an activating group) is 1. The number of nitrogens with one attached hydrogen (secondary N) is 1. The van der Waals surface area contributed by atoms with Gasteiger partial charge in [-0.15, -0.1) is 0 Å². The maximum absolute atomic E-state index is 12.1. The smallest absolute Gasteiger partial charge is 0.244 e. The Morgan fingerprint density at radius 1 is 1.41 bits per heavy atom. The monoisotopic (exact) mass is 237 g/mol. The lowest BCUT2D eigenvalue weighted by Crippen LogP contribution is -2.39. The van der Waals surface area contributed by atoms with Crippen LogP contribution in [0.5, 0.6) is 0 Å². The van der Waals surface area contributed by atoms with Gasteiger partial charge in [0.25, 0.3) is 0 Å². The van der Waals surface area contributed by atoms with Gasteiger partial charge in [-0.2, -0.15) is 0 Å². The number of nitrogens with zero attached hydrogens (tertiary/aromatic N) is 2. The topological polar surface area (TPSA) is 35.6 Å². The fourth-order valence-electron chi connectivity index (χ4n) is 3.20. The number of carbonyl (C=O) groups excluding carboxylic acids is 1. The van der Waals surface area contributed by atoms with Crippen molar-refractivity contribution in [3.8, 4) is 0 Å². The minimum Gasteiger partial charge on any atom is -0.327 e. The molecule has 1 N–H and O–H groups in total. The Balaban J connectivity index is 1.46. The standard InChI is InChI=1S/C13H23N3O/c1-15(11-4-2-3-5-11)8-9-16-10-14-13(6-7-13)12(16)17/h11,14H,2-10H2,1H3. The first-order chi connectivity index (χ1) is 8.21. The van der Waals surface area contributed by atoms with E-state index >= 15 is 0 Å². The lowest BCUT2D eigenvalue weighted by molar-refractivity contribution is -0.129. The molecule has 4 nitrogen and oxygen atoms in total. The molecule has 1 saturated heterocycles. The van der Waals surface area contributed by atoms with E-state index in [4.69, 9.17) is 0 Å². The first-order valence-corrected chi connectivity index (χ1v) is 6.96. The van der Waals surface area contributed by atoms with Crippen molar-refractivity contribution in [1.29, 1.82) is 0 Å². The van der Waals surface area contributed by atoms with Gasteiger partial charge in [-0.1, -0.05) is 12.8 Å². The largest absolute Gasteiger partial charge is 0.327 e. The molecule has 1 amide bonds. The van der Waals surface area contributed by atoms with Gasteiger partial charge < -0.3 is 9.80 Å². The Hall–Kier alpha value is -0.610. The van der Waals surface area contributed by atoms with Gasteiger partial charge in [-0.3, -0.25) is 10.1 Å². The number of carbonyl (C=O) groups is 1. The third kappa shape index (κ3) is 2.08. The zero-order chi connectivity index (χ0) is 11.9. The van der Waals surface area contributed by atoms with Crippen LogP contribution in [0.2, 0.25) is 0 Å². The molecule has 2 saturated carbocycles. The fourth-order valence-corrected chi connectivity index (χ4v) is 3.20. The summed E-state index contributed by atoms with van der Waals surface area (Å²) in [6.45, 7) is 2.67. The van der Waals surface area contributed by atoms with Crippen LogP contribution >= 0.6 is 0 Å². The van der Waals surface area contributed by atoms with Gasteiger partial charge in [-0.25, -0.2) is 0 Å². The first kappa shape index (κ1) is 11.5. The molecule has 4 heteroatoms. The van der Waals surface area contributed by atoms with E-state index in [1.165, 1.54) is 25.7 Å². The summed E-state index contributed by atoms with van der Waals surface area (Å²) in [7, 11) is 2.21. The van der Waals surface area contributed by atoms with Crippen molar-refractivity contribution in [2.24, 2.45) is 0 Å². The summed E-state index contributed by atoms with van der Waals surface area (Å²) in [6, 6.07) is 0.760. The van der Waals surface area contributed by atoms with E-state index in [0.29, 0.717) is 5.91 Å². The van der Waals surface area contributed by atoms with E-state index < -0.39 is 0 Å².